The fraction of sp³-hybridized carbons (Fsp3) is 1.00. The first-order chi connectivity index (χ1) is 5.84. The molecule has 0 amide bonds. The Labute approximate surface area is 72.9 Å². The van der Waals surface area contributed by atoms with E-state index in [0.29, 0.717) is 0 Å². The van der Waals surface area contributed by atoms with Crippen LogP contribution in [0.15, 0.2) is 0 Å². The lowest BCUT2D eigenvalue weighted by atomic mass is 9.76. The van der Waals surface area contributed by atoms with E-state index in [1.807, 2.05) is 0 Å². The van der Waals surface area contributed by atoms with E-state index in [0.717, 1.165) is 36.7 Å². The average Bonchev–Trinajstić information content (AvgIpc) is 2.63. The van der Waals surface area contributed by atoms with Crippen molar-refractivity contribution in [2.75, 3.05) is 6.61 Å². The van der Waals surface area contributed by atoms with Crippen LogP contribution in [0.5, 0.6) is 0 Å². The van der Waals surface area contributed by atoms with Crippen LogP contribution in [0.3, 0.4) is 0 Å². The smallest absolute Gasteiger partial charge is 0.154 e. The second kappa shape index (κ2) is 2.46. The summed E-state index contributed by atoms with van der Waals surface area (Å²) >= 11 is 0. The fourth-order valence-corrected chi connectivity index (χ4v) is 3.68. The summed E-state index contributed by atoms with van der Waals surface area (Å²) in [5.74, 6) is 3.46. The summed E-state index contributed by atoms with van der Waals surface area (Å²) in [5.41, 5.74) is 0. The van der Waals surface area contributed by atoms with Gasteiger partial charge < -0.3 is 9.84 Å². The summed E-state index contributed by atoms with van der Waals surface area (Å²) < 4.78 is 5.30. The highest BCUT2D eigenvalue weighted by atomic mass is 16.6. The predicted molar refractivity (Wildman–Crippen MR) is 44.4 cm³/mol. The van der Waals surface area contributed by atoms with Crippen LogP contribution in [-0.2, 0) is 4.74 Å². The molecule has 2 saturated carbocycles. The lowest BCUT2D eigenvalue weighted by Crippen LogP contribution is -2.36. The van der Waals surface area contributed by atoms with Crippen molar-refractivity contribution < 1.29 is 9.84 Å². The molecule has 0 unspecified atom stereocenters. The van der Waals surface area contributed by atoms with Crippen molar-refractivity contribution in [3.05, 3.63) is 0 Å². The first-order valence-corrected chi connectivity index (χ1v) is 5.14. The van der Waals surface area contributed by atoms with E-state index in [9.17, 15) is 5.11 Å². The third-order valence-corrected chi connectivity index (χ3v) is 4.23. The van der Waals surface area contributed by atoms with Gasteiger partial charge in [0.05, 0.1) is 6.61 Å². The van der Waals surface area contributed by atoms with Gasteiger partial charge in [-0.25, -0.2) is 0 Å². The van der Waals surface area contributed by atoms with E-state index in [2.05, 4.69) is 0 Å². The molecular formula is C10H16O2. The Bertz CT molecular complexity index is 192. The molecule has 3 aliphatic rings. The van der Waals surface area contributed by atoms with Crippen molar-refractivity contribution in [2.45, 2.75) is 32.0 Å². The highest BCUT2D eigenvalue weighted by molar-refractivity contribution is 4.97. The first kappa shape index (κ1) is 7.34. The van der Waals surface area contributed by atoms with Gasteiger partial charge in [0.25, 0.3) is 0 Å². The van der Waals surface area contributed by atoms with Crippen LogP contribution < -0.4 is 0 Å². The Morgan fingerprint density at radius 3 is 2.58 bits per heavy atom. The van der Waals surface area contributed by atoms with Crippen LogP contribution in [0.25, 0.3) is 0 Å². The number of hydrogen-bond acceptors (Lipinski definition) is 2. The normalized spacial score (nSPS) is 57.2. The van der Waals surface area contributed by atoms with Gasteiger partial charge in [-0.15, -0.1) is 0 Å². The maximum Gasteiger partial charge on any atom is 0.154 e. The zero-order valence-corrected chi connectivity index (χ0v) is 7.28. The van der Waals surface area contributed by atoms with Crippen molar-refractivity contribution in [1.29, 1.82) is 0 Å². The summed E-state index contributed by atoms with van der Waals surface area (Å²) in [7, 11) is 0. The van der Waals surface area contributed by atoms with E-state index in [1.54, 1.807) is 0 Å². The minimum absolute atomic E-state index is 0.453. The van der Waals surface area contributed by atoms with E-state index in [4.69, 9.17) is 4.74 Å². The zero-order chi connectivity index (χ0) is 8.13. The van der Waals surface area contributed by atoms with Crippen LogP contribution in [-0.4, -0.2) is 18.0 Å². The number of aliphatic hydroxyl groups excluding tert-OH is 1. The molecule has 1 N–H and O–H groups in total. The van der Waals surface area contributed by atoms with Crippen LogP contribution in [0.2, 0.25) is 0 Å². The van der Waals surface area contributed by atoms with Gasteiger partial charge in [0, 0.05) is 6.42 Å². The molecule has 0 aromatic heterocycles. The van der Waals surface area contributed by atoms with Gasteiger partial charge in [0.2, 0.25) is 0 Å². The molecule has 1 aliphatic heterocycles. The Morgan fingerprint density at radius 1 is 1.00 bits per heavy atom. The molecule has 0 aromatic rings. The third-order valence-electron chi connectivity index (χ3n) is 4.23. The Morgan fingerprint density at radius 2 is 1.75 bits per heavy atom. The minimum atomic E-state index is -0.453. The number of ether oxygens (including phenoxy) is 1. The zero-order valence-electron chi connectivity index (χ0n) is 7.28. The van der Waals surface area contributed by atoms with E-state index in [-0.39, 0.29) is 0 Å². The molecule has 0 spiro atoms. The molecule has 12 heavy (non-hydrogen) atoms. The second-order valence-corrected chi connectivity index (χ2v) is 4.68. The maximum absolute atomic E-state index is 9.36. The highest BCUT2D eigenvalue weighted by Crippen LogP contribution is 2.55. The largest absolute Gasteiger partial charge is 0.368 e. The average molecular weight is 168 g/mol. The topological polar surface area (TPSA) is 29.5 Å². The third kappa shape index (κ3) is 0.882. The molecule has 2 heteroatoms. The summed E-state index contributed by atoms with van der Waals surface area (Å²) in [4.78, 5) is 0. The maximum atomic E-state index is 9.36. The van der Waals surface area contributed by atoms with Crippen molar-refractivity contribution >= 4 is 0 Å². The van der Waals surface area contributed by atoms with Crippen molar-refractivity contribution in [2.24, 2.45) is 23.7 Å². The lowest BCUT2D eigenvalue weighted by molar-refractivity contribution is -0.166. The molecule has 2 aliphatic carbocycles. The fourth-order valence-electron chi connectivity index (χ4n) is 3.68. The SMILES string of the molecule is O[C@@H]1C[C@H]2[C@H]3CC[C@H](C3)[C@H]2CO1. The second-order valence-electron chi connectivity index (χ2n) is 4.68. The number of fused-ring (bicyclic) bond motifs is 5. The van der Waals surface area contributed by atoms with Crippen molar-refractivity contribution in [3.8, 4) is 0 Å². The highest BCUT2D eigenvalue weighted by Gasteiger charge is 2.49. The molecule has 2 bridgehead atoms. The van der Waals surface area contributed by atoms with Crippen molar-refractivity contribution in [3.63, 3.8) is 0 Å². The summed E-state index contributed by atoms with van der Waals surface area (Å²) in [6.45, 7) is 0.826. The molecule has 3 fully saturated rings. The molecule has 0 radical (unpaired) electrons. The molecule has 2 nitrogen and oxygen atoms in total. The number of hydrogen-bond donors (Lipinski definition) is 1. The molecule has 1 heterocycles. The summed E-state index contributed by atoms with van der Waals surface area (Å²) in [5, 5.41) is 9.36. The molecular weight excluding hydrogens is 152 g/mol. The van der Waals surface area contributed by atoms with Gasteiger partial charge in [-0.3, -0.25) is 0 Å². The molecule has 3 rings (SSSR count). The standard InChI is InChI=1S/C10H16O2/c11-10-4-8-6-1-2-7(3-6)9(8)5-12-10/h6-11H,1-5H2/t6-,7+,8-,9+,10-/m0/s1. The Kier molecular flexibility index (Phi) is 1.50. The van der Waals surface area contributed by atoms with Crippen LogP contribution in [0.4, 0.5) is 0 Å². The molecule has 68 valence electrons. The quantitative estimate of drug-likeness (QED) is 0.592. The predicted octanol–water partition coefficient (Wildman–Crippen LogP) is 1.39. The van der Waals surface area contributed by atoms with Gasteiger partial charge in [-0.05, 0) is 42.9 Å². The number of aliphatic hydroxyl groups is 1. The Balaban J connectivity index is 1.81. The van der Waals surface area contributed by atoms with E-state index < -0.39 is 6.29 Å². The number of rotatable bonds is 0. The van der Waals surface area contributed by atoms with Gasteiger partial charge in [-0.2, -0.15) is 0 Å². The summed E-state index contributed by atoms with van der Waals surface area (Å²) in [6, 6.07) is 0. The molecule has 1 saturated heterocycles. The first-order valence-electron chi connectivity index (χ1n) is 5.14. The van der Waals surface area contributed by atoms with Crippen molar-refractivity contribution in [1.82, 2.24) is 0 Å². The summed E-state index contributed by atoms with van der Waals surface area (Å²) in [6.07, 6.45) is 4.71. The molecule has 0 aromatic carbocycles. The van der Waals surface area contributed by atoms with Gasteiger partial charge in [-0.1, -0.05) is 0 Å². The van der Waals surface area contributed by atoms with Crippen LogP contribution in [0.1, 0.15) is 25.7 Å². The van der Waals surface area contributed by atoms with Crippen LogP contribution in [0, 0.1) is 23.7 Å². The van der Waals surface area contributed by atoms with Gasteiger partial charge in [0.1, 0.15) is 0 Å². The van der Waals surface area contributed by atoms with Gasteiger partial charge in [0.15, 0.2) is 6.29 Å². The van der Waals surface area contributed by atoms with Crippen LogP contribution >= 0.6 is 0 Å². The monoisotopic (exact) mass is 168 g/mol. The Hall–Kier alpha value is -0.0800. The van der Waals surface area contributed by atoms with Gasteiger partial charge >= 0.3 is 0 Å². The lowest BCUT2D eigenvalue weighted by Gasteiger charge is -2.36. The minimum Gasteiger partial charge on any atom is -0.368 e. The molecule has 5 atom stereocenters. The van der Waals surface area contributed by atoms with E-state index in [1.165, 1.54) is 19.3 Å². The van der Waals surface area contributed by atoms with E-state index >= 15 is 0 Å².